The molecule has 0 radical (unpaired) electrons. The summed E-state index contributed by atoms with van der Waals surface area (Å²) in [7, 11) is 3.29. The van der Waals surface area contributed by atoms with E-state index in [9.17, 15) is 4.79 Å². The van der Waals surface area contributed by atoms with Gasteiger partial charge in [0.15, 0.2) is 0 Å². The van der Waals surface area contributed by atoms with Crippen LogP contribution in [0.2, 0.25) is 0 Å². The average Bonchev–Trinajstić information content (AvgIpc) is 3.25. The number of rotatable bonds is 7. The SMILES string of the molecule is COc1ccc(CN2CCCC(NC(=O)c3ccc(-n4cnc(C)c4)c(OC)c3)C2)cc1. The van der Waals surface area contributed by atoms with E-state index in [1.807, 2.05) is 42.0 Å². The van der Waals surface area contributed by atoms with Crippen LogP contribution in [0.4, 0.5) is 0 Å². The number of nitrogens with zero attached hydrogens (tertiary/aromatic N) is 3. The van der Waals surface area contributed by atoms with Crippen molar-refractivity contribution in [3.05, 3.63) is 71.8 Å². The molecule has 1 atom stereocenters. The van der Waals surface area contributed by atoms with Crippen LogP contribution < -0.4 is 14.8 Å². The summed E-state index contributed by atoms with van der Waals surface area (Å²) in [4.78, 5) is 19.6. The molecule has 1 fully saturated rings. The molecule has 7 nitrogen and oxygen atoms in total. The standard InChI is InChI=1S/C25H30N4O3/c1-18-14-29(17-26-18)23-11-8-20(13-24(23)32-3)25(30)27-21-5-4-12-28(16-21)15-19-6-9-22(31-2)10-7-19/h6-11,13-14,17,21H,4-5,12,15-16H2,1-3H3,(H,27,30). The van der Waals surface area contributed by atoms with Crippen LogP contribution in [0.15, 0.2) is 55.0 Å². The largest absolute Gasteiger partial charge is 0.497 e. The van der Waals surface area contributed by atoms with Gasteiger partial charge in [-0.05, 0) is 62.2 Å². The first-order valence-electron chi connectivity index (χ1n) is 10.9. The third-order valence-electron chi connectivity index (χ3n) is 5.84. The number of nitrogens with one attached hydrogen (secondary N) is 1. The van der Waals surface area contributed by atoms with Crippen LogP contribution in [0.5, 0.6) is 11.5 Å². The van der Waals surface area contributed by atoms with Crippen molar-refractivity contribution in [2.45, 2.75) is 32.4 Å². The normalized spacial score (nSPS) is 16.5. The molecule has 1 aromatic heterocycles. The molecule has 1 unspecified atom stereocenters. The molecule has 7 heteroatoms. The number of aromatic nitrogens is 2. The Morgan fingerprint density at radius 1 is 1.16 bits per heavy atom. The fraction of sp³-hybridized carbons (Fsp3) is 0.360. The molecule has 2 aromatic carbocycles. The maximum absolute atomic E-state index is 13.0. The molecule has 0 saturated carbocycles. The first kappa shape index (κ1) is 21.9. The van der Waals surface area contributed by atoms with Crippen LogP contribution in [0, 0.1) is 6.92 Å². The minimum absolute atomic E-state index is 0.0760. The Morgan fingerprint density at radius 3 is 2.66 bits per heavy atom. The summed E-state index contributed by atoms with van der Waals surface area (Å²) in [5.74, 6) is 1.43. The number of aryl methyl sites for hydroxylation is 1. The monoisotopic (exact) mass is 434 g/mol. The lowest BCUT2D eigenvalue weighted by Crippen LogP contribution is -2.47. The summed E-state index contributed by atoms with van der Waals surface area (Å²) in [5, 5.41) is 3.21. The van der Waals surface area contributed by atoms with Crippen LogP contribution in [0.25, 0.3) is 5.69 Å². The van der Waals surface area contributed by atoms with Crippen molar-refractivity contribution >= 4 is 5.91 Å². The molecule has 168 valence electrons. The number of imidazole rings is 1. The second-order valence-electron chi connectivity index (χ2n) is 8.20. The summed E-state index contributed by atoms with van der Waals surface area (Å²) >= 11 is 0. The number of hydrogen-bond acceptors (Lipinski definition) is 5. The smallest absolute Gasteiger partial charge is 0.251 e. The van der Waals surface area contributed by atoms with Crippen molar-refractivity contribution in [3.63, 3.8) is 0 Å². The van der Waals surface area contributed by atoms with Crippen LogP contribution in [-0.2, 0) is 6.54 Å². The van der Waals surface area contributed by atoms with Gasteiger partial charge in [-0.1, -0.05) is 12.1 Å². The number of piperidine rings is 1. The summed E-state index contributed by atoms with van der Waals surface area (Å²) in [6, 6.07) is 13.8. The predicted molar refractivity (Wildman–Crippen MR) is 124 cm³/mol. The Labute approximate surface area is 189 Å². The number of likely N-dealkylation sites (tertiary alicyclic amines) is 1. The quantitative estimate of drug-likeness (QED) is 0.616. The van der Waals surface area contributed by atoms with E-state index in [1.165, 1.54) is 5.56 Å². The van der Waals surface area contributed by atoms with Gasteiger partial charge in [0.25, 0.3) is 5.91 Å². The molecule has 32 heavy (non-hydrogen) atoms. The minimum Gasteiger partial charge on any atom is -0.497 e. The molecular weight excluding hydrogens is 404 g/mol. The molecule has 1 aliphatic heterocycles. The maximum Gasteiger partial charge on any atom is 0.251 e. The number of methoxy groups -OCH3 is 2. The molecular formula is C25H30N4O3. The molecule has 0 spiro atoms. The second-order valence-corrected chi connectivity index (χ2v) is 8.20. The van der Waals surface area contributed by atoms with Gasteiger partial charge in [-0.15, -0.1) is 0 Å². The van der Waals surface area contributed by atoms with Gasteiger partial charge in [0, 0.05) is 30.9 Å². The van der Waals surface area contributed by atoms with Crippen LogP contribution >= 0.6 is 0 Å². The number of amides is 1. The van der Waals surface area contributed by atoms with Crippen molar-refractivity contribution in [2.75, 3.05) is 27.3 Å². The van der Waals surface area contributed by atoms with E-state index in [4.69, 9.17) is 9.47 Å². The van der Waals surface area contributed by atoms with Gasteiger partial charge in [-0.2, -0.15) is 0 Å². The van der Waals surface area contributed by atoms with Crippen molar-refractivity contribution < 1.29 is 14.3 Å². The van der Waals surface area contributed by atoms with Crippen molar-refractivity contribution in [2.24, 2.45) is 0 Å². The summed E-state index contributed by atoms with van der Waals surface area (Å²) < 4.78 is 12.7. The third kappa shape index (κ3) is 5.11. The predicted octanol–water partition coefficient (Wildman–Crippen LogP) is 3.59. The topological polar surface area (TPSA) is 68.6 Å². The molecule has 1 aliphatic rings. The summed E-state index contributed by atoms with van der Waals surface area (Å²) in [6.07, 6.45) is 5.71. The highest BCUT2D eigenvalue weighted by Crippen LogP contribution is 2.25. The van der Waals surface area contributed by atoms with Gasteiger partial charge in [-0.25, -0.2) is 4.98 Å². The van der Waals surface area contributed by atoms with E-state index in [-0.39, 0.29) is 11.9 Å². The molecule has 2 heterocycles. The average molecular weight is 435 g/mol. The Bertz CT molecular complexity index is 1060. The van der Waals surface area contributed by atoms with Crippen LogP contribution in [0.3, 0.4) is 0 Å². The fourth-order valence-electron chi connectivity index (χ4n) is 4.16. The van der Waals surface area contributed by atoms with Crippen LogP contribution in [0.1, 0.15) is 34.5 Å². The Kier molecular flexibility index (Phi) is 6.75. The summed E-state index contributed by atoms with van der Waals surface area (Å²) in [5.41, 5.74) is 3.61. The number of benzene rings is 2. The number of hydrogen-bond donors (Lipinski definition) is 1. The van der Waals surface area contributed by atoms with Gasteiger partial charge in [-0.3, -0.25) is 9.69 Å². The van der Waals surface area contributed by atoms with E-state index in [2.05, 4.69) is 27.3 Å². The lowest BCUT2D eigenvalue weighted by molar-refractivity contribution is 0.0900. The van der Waals surface area contributed by atoms with Gasteiger partial charge in [0.05, 0.1) is 31.9 Å². The van der Waals surface area contributed by atoms with Crippen molar-refractivity contribution in [3.8, 4) is 17.2 Å². The maximum atomic E-state index is 13.0. The lowest BCUT2D eigenvalue weighted by Gasteiger charge is -2.33. The fourth-order valence-corrected chi connectivity index (χ4v) is 4.16. The van der Waals surface area contributed by atoms with Gasteiger partial charge in [0.2, 0.25) is 0 Å². The van der Waals surface area contributed by atoms with Gasteiger partial charge in [0.1, 0.15) is 11.5 Å². The Morgan fingerprint density at radius 2 is 1.97 bits per heavy atom. The molecule has 0 aliphatic carbocycles. The minimum atomic E-state index is -0.0760. The highest BCUT2D eigenvalue weighted by Gasteiger charge is 2.22. The Hall–Kier alpha value is -3.32. The van der Waals surface area contributed by atoms with Crippen LogP contribution in [-0.4, -0.2) is 53.7 Å². The zero-order chi connectivity index (χ0) is 22.5. The lowest BCUT2D eigenvalue weighted by atomic mass is 10.0. The zero-order valence-electron chi connectivity index (χ0n) is 18.9. The molecule has 1 amide bonds. The number of carbonyl (C=O) groups is 1. The Balaban J connectivity index is 1.39. The second kappa shape index (κ2) is 9.87. The molecule has 1 saturated heterocycles. The number of ether oxygens (including phenoxy) is 2. The molecule has 4 rings (SSSR count). The number of carbonyl (C=O) groups excluding carboxylic acids is 1. The first-order valence-corrected chi connectivity index (χ1v) is 10.9. The van der Waals surface area contributed by atoms with E-state index < -0.39 is 0 Å². The molecule has 0 bridgehead atoms. The van der Waals surface area contributed by atoms with E-state index in [0.29, 0.717) is 11.3 Å². The zero-order valence-corrected chi connectivity index (χ0v) is 18.9. The van der Waals surface area contributed by atoms with Gasteiger partial charge < -0.3 is 19.4 Å². The van der Waals surface area contributed by atoms with Crippen molar-refractivity contribution in [1.82, 2.24) is 19.8 Å². The third-order valence-corrected chi connectivity index (χ3v) is 5.84. The van der Waals surface area contributed by atoms with Gasteiger partial charge >= 0.3 is 0 Å². The molecule has 1 N–H and O–H groups in total. The highest BCUT2D eigenvalue weighted by molar-refractivity contribution is 5.95. The van der Waals surface area contributed by atoms with E-state index in [0.717, 1.165) is 49.6 Å². The summed E-state index contributed by atoms with van der Waals surface area (Å²) in [6.45, 7) is 4.67. The van der Waals surface area contributed by atoms with E-state index >= 15 is 0 Å². The molecule has 3 aromatic rings. The van der Waals surface area contributed by atoms with E-state index in [1.54, 1.807) is 26.6 Å². The van der Waals surface area contributed by atoms with Crippen molar-refractivity contribution in [1.29, 1.82) is 0 Å². The highest BCUT2D eigenvalue weighted by atomic mass is 16.5. The first-order chi connectivity index (χ1) is 15.6.